The maximum atomic E-state index is 13.0. The van der Waals surface area contributed by atoms with Crippen LogP contribution in [-0.4, -0.2) is 10.9 Å². The number of halogens is 2. The number of nitrogens with one attached hydrogen (secondary N) is 1. The molecule has 0 unspecified atom stereocenters. The van der Waals surface area contributed by atoms with Gasteiger partial charge in [-0.1, -0.05) is 0 Å². The van der Waals surface area contributed by atoms with Crippen LogP contribution in [0.2, 0.25) is 0 Å². The molecular formula is C17H12F2N2OS. The fraction of sp³-hybridized carbons (Fsp3) is 0.0588. The molecule has 3 rings (SSSR count). The quantitative estimate of drug-likeness (QED) is 0.759. The van der Waals surface area contributed by atoms with E-state index in [0.717, 1.165) is 5.56 Å². The summed E-state index contributed by atoms with van der Waals surface area (Å²) in [5, 5.41) is 3.35. The van der Waals surface area contributed by atoms with E-state index >= 15 is 0 Å². The molecule has 0 bridgehead atoms. The Labute approximate surface area is 135 Å². The molecule has 1 aromatic heterocycles. The van der Waals surface area contributed by atoms with Crippen LogP contribution in [0.3, 0.4) is 0 Å². The monoisotopic (exact) mass is 330 g/mol. The summed E-state index contributed by atoms with van der Waals surface area (Å²) in [6.07, 6.45) is 0. The van der Waals surface area contributed by atoms with Gasteiger partial charge in [-0.3, -0.25) is 4.79 Å². The van der Waals surface area contributed by atoms with Gasteiger partial charge in [0.1, 0.15) is 21.5 Å². The maximum Gasteiger partial charge on any atom is 0.267 e. The van der Waals surface area contributed by atoms with Gasteiger partial charge in [-0.2, -0.15) is 0 Å². The first kappa shape index (κ1) is 15.3. The van der Waals surface area contributed by atoms with E-state index in [0.29, 0.717) is 21.3 Å². The molecule has 0 saturated carbocycles. The summed E-state index contributed by atoms with van der Waals surface area (Å²) >= 11 is 1.23. The molecule has 1 heterocycles. The van der Waals surface area contributed by atoms with E-state index in [1.165, 1.54) is 47.7 Å². The predicted octanol–water partition coefficient (Wildman–Crippen LogP) is 4.65. The lowest BCUT2D eigenvalue weighted by Crippen LogP contribution is -2.11. The number of aromatic nitrogens is 1. The molecule has 23 heavy (non-hydrogen) atoms. The third-order valence-electron chi connectivity index (χ3n) is 3.20. The van der Waals surface area contributed by atoms with Gasteiger partial charge < -0.3 is 5.32 Å². The summed E-state index contributed by atoms with van der Waals surface area (Å²) in [4.78, 5) is 17.2. The molecular weight excluding hydrogens is 318 g/mol. The zero-order chi connectivity index (χ0) is 16.4. The fourth-order valence-electron chi connectivity index (χ4n) is 2.04. The van der Waals surface area contributed by atoms with Gasteiger partial charge in [0.15, 0.2) is 0 Å². The molecule has 2 aromatic carbocycles. The third kappa shape index (κ3) is 3.43. The van der Waals surface area contributed by atoms with Crippen molar-refractivity contribution in [3.8, 4) is 10.6 Å². The topological polar surface area (TPSA) is 42.0 Å². The molecule has 3 nitrogen and oxygen atoms in total. The number of benzene rings is 2. The first-order chi connectivity index (χ1) is 11.0. The zero-order valence-electron chi connectivity index (χ0n) is 12.1. The van der Waals surface area contributed by atoms with Gasteiger partial charge in [0.05, 0.1) is 5.69 Å². The van der Waals surface area contributed by atoms with Crippen LogP contribution in [0.4, 0.5) is 14.5 Å². The molecule has 0 spiro atoms. The highest BCUT2D eigenvalue weighted by molar-refractivity contribution is 7.17. The molecule has 0 radical (unpaired) electrons. The van der Waals surface area contributed by atoms with Crippen LogP contribution in [0.25, 0.3) is 10.6 Å². The molecule has 0 aliphatic rings. The van der Waals surface area contributed by atoms with Crippen LogP contribution in [0, 0.1) is 18.6 Å². The van der Waals surface area contributed by atoms with E-state index in [1.807, 2.05) is 0 Å². The summed E-state index contributed by atoms with van der Waals surface area (Å²) in [6.45, 7) is 1.74. The molecule has 116 valence electrons. The average molecular weight is 330 g/mol. The van der Waals surface area contributed by atoms with Crippen LogP contribution < -0.4 is 5.32 Å². The Morgan fingerprint density at radius 3 is 2.17 bits per heavy atom. The first-order valence-corrected chi connectivity index (χ1v) is 7.65. The minimum absolute atomic E-state index is 0.306. The van der Waals surface area contributed by atoms with Crippen molar-refractivity contribution >= 4 is 22.9 Å². The van der Waals surface area contributed by atoms with Crippen molar-refractivity contribution in [2.24, 2.45) is 0 Å². The van der Waals surface area contributed by atoms with E-state index in [-0.39, 0.29) is 17.5 Å². The lowest BCUT2D eigenvalue weighted by Gasteiger charge is -2.03. The molecule has 0 saturated heterocycles. The summed E-state index contributed by atoms with van der Waals surface area (Å²) in [7, 11) is 0. The van der Waals surface area contributed by atoms with E-state index in [1.54, 1.807) is 19.1 Å². The smallest absolute Gasteiger partial charge is 0.267 e. The van der Waals surface area contributed by atoms with E-state index in [9.17, 15) is 13.6 Å². The predicted molar refractivity (Wildman–Crippen MR) is 86.6 cm³/mol. The maximum absolute atomic E-state index is 13.0. The largest absolute Gasteiger partial charge is 0.321 e. The van der Waals surface area contributed by atoms with E-state index in [2.05, 4.69) is 10.3 Å². The number of rotatable bonds is 3. The second kappa shape index (κ2) is 6.26. The molecule has 6 heteroatoms. The lowest BCUT2D eigenvalue weighted by atomic mass is 10.2. The highest BCUT2D eigenvalue weighted by atomic mass is 32.1. The Hall–Kier alpha value is -2.60. The van der Waals surface area contributed by atoms with Crippen LogP contribution in [0.5, 0.6) is 0 Å². The number of carbonyl (C=O) groups is 1. The standard InChI is InChI=1S/C17H12F2N2OS/c1-10-15(16(22)21-14-8-6-13(19)7-9-14)23-17(20-10)11-2-4-12(18)5-3-11/h2-9H,1H3,(H,21,22). The first-order valence-electron chi connectivity index (χ1n) is 6.83. The van der Waals surface area contributed by atoms with Gasteiger partial charge in [0.25, 0.3) is 5.91 Å². The van der Waals surface area contributed by atoms with Gasteiger partial charge in [0.2, 0.25) is 0 Å². The van der Waals surface area contributed by atoms with Gasteiger partial charge in [-0.15, -0.1) is 11.3 Å². The van der Waals surface area contributed by atoms with Gasteiger partial charge >= 0.3 is 0 Å². The van der Waals surface area contributed by atoms with Crippen LogP contribution in [0.15, 0.2) is 48.5 Å². The highest BCUT2D eigenvalue weighted by Gasteiger charge is 2.16. The number of hydrogen-bond donors (Lipinski definition) is 1. The fourth-order valence-corrected chi connectivity index (χ4v) is 3.01. The molecule has 0 aliphatic carbocycles. The van der Waals surface area contributed by atoms with E-state index in [4.69, 9.17) is 0 Å². The van der Waals surface area contributed by atoms with Gasteiger partial charge in [0, 0.05) is 11.3 Å². The van der Waals surface area contributed by atoms with Crippen molar-refractivity contribution in [1.29, 1.82) is 0 Å². The molecule has 1 amide bonds. The van der Waals surface area contributed by atoms with Crippen LogP contribution >= 0.6 is 11.3 Å². The van der Waals surface area contributed by atoms with Crippen molar-refractivity contribution in [3.63, 3.8) is 0 Å². The molecule has 1 N–H and O–H groups in total. The van der Waals surface area contributed by atoms with Crippen LogP contribution in [0.1, 0.15) is 15.4 Å². The molecule has 0 aliphatic heterocycles. The summed E-state index contributed by atoms with van der Waals surface area (Å²) < 4.78 is 25.9. The van der Waals surface area contributed by atoms with Crippen molar-refractivity contribution in [3.05, 3.63) is 70.7 Å². The van der Waals surface area contributed by atoms with Crippen molar-refractivity contribution in [1.82, 2.24) is 4.98 Å². The van der Waals surface area contributed by atoms with Gasteiger partial charge in [-0.25, -0.2) is 13.8 Å². The number of carbonyl (C=O) groups excluding carboxylic acids is 1. The second-order valence-electron chi connectivity index (χ2n) is 4.90. The Balaban J connectivity index is 1.84. The highest BCUT2D eigenvalue weighted by Crippen LogP contribution is 2.28. The molecule has 3 aromatic rings. The van der Waals surface area contributed by atoms with Crippen molar-refractivity contribution in [2.75, 3.05) is 5.32 Å². The Bertz CT molecular complexity index is 842. The average Bonchev–Trinajstić information content (AvgIpc) is 2.92. The number of amides is 1. The Morgan fingerprint density at radius 2 is 1.57 bits per heavy atom. The number of thiazole rings is 1. The number of anilines is 1. The molecule has 0 fully saturated rings. The molecule has 0 atom stereocenters. The van der Waals surface area contributed by atoms with Crippen molar-refractivity contribution < 1.29 is 13.6 Å². The van der Waals surface area contributed by atoms with Gasteiger partial charge in [-0.05, 0) is 55.5 Å². The third-order valence-corrected chi connectivity index (χ3v) is 4.40. The lowest BCUT2D eigenvalue weighted by molar-refractivity contribution is 0.103. The van der Waals surface area contributed by atoms with Crippen molar-refractivity contribution in [2.45, 2.75) is 6.92 Å². The minimum atomic E-state index is -0.365. The zero-order valence-corrected chi connectivity index (χ0v) is 13.0. The second-order valence-corrected chi connectivity index (χ2v) is 5.90. The summed E-state index contributed by atoms with van der Waals surface area (Å²) in [6, 6.07) is 11.5. The Kier molecular flexibility index (Phi) is 4.16. The summed E-state index contributed by atoms with van der Waals surface area (Å²) in [5.74, 6) is -0.994. The SMILES string of the molecule is Cc1nc(-c2ccc(F)cc2)sc1C(=O)Nc1ccc(F)cc1. The number of hydrogen-bond acceptors (Lipinski definition) is 3. The number of nitrogens with zero attached hydrogens (tertiary/aromatic N) is 1. The number of aryl methyl sites for hydroxylation is 1. The minimum Gasteiger partial charge on any atom is -0.321 e. The Morgan fingerprint density at radius 1 is 1.00 bits per heavy atom. The summed E-state index contributed by atoms with van der Waals surface area (Å²) in [5.41, 5.74) is 1.85. The normalized spacial score (nSPS) is 10.6. The van der Waals surface area contributed by atoms with Crippen LogP contribution in [-0.2, 0) is 0 Å². The van der Waals surface area contributed by atoms with E-state index < -0.39 is 0 Å².